The molecule has 152 valence electrons. The highest BCUT2D eigenvalue weighted by atomic mass is 19.1. The largest absolute Gasteiger partial charge is 0.478 e. The van der Waals surface area contributed by atoms with Gasteiger partial charge in [0.15, 0.2) is 0 Å². The summed E-state index contributed by atoms with van der Waals surface area (Å²) in [6.45, 7) is 7.83. The maximum Gasteiger partial charge on any atom is 0.337 e. The van der Waals surface area contributed by atoms with Crippen LogP contribution in [0.3, 0.4) is 0 Å². The third kappa shape index (κ3) is 3.44. The van der Waals surface area contributed by atoms with Gasteiger partial charge in [-0.1, -0.05) is 0 Å². The van der Waals surface area contributed by atoms with Gasteiger partial charge in [-0.05, 0) is 58.7 Å². The SMILES string of the molecule is Cc1nc2ccc(F)c(-c3cc(C(=O)O)c(C4(N)CC4)[nH]3)c2nc1NC(C)(C)C. The number of aryl methyl sites for hydroxylation is 1. The Morgan fingerprint density at radius 2 is 2.00 bits per heavy atom. The number of carboxylic acids is 1. The van der Waals surface area contributed by atoms with Crippen molar-refractivity contribution in [3.8, 4) is 11.3 Å². The van der Waals surface area contributed by atoms with E-state index >= 15 is 0 Å². The molecule has 1 aliphatic rings. The van der Waals surface area contributed by atoms with Gasteiger partial charge in [-0.2, -0.15) is 0 Å². The summed E-state index contributed by atoms with van der Waals surface area (Å²) in [7, 11) is 0. The fourth-order valence-corrected chi connectivity index (χ4v) is 3.45. The molecule has 1 saturated carbocycles. The van der Waals surface area contributed by atoms with Crippen LogP contribution < -0.4 is 11.1 Å². The van der Waals surface area contributed by atoms with Crippen LogP contribution in [0.25, 0.3) is 22.3 Å². The number of benzene rings is 1. The van der Waals surface area contributed by atoms with Crippen molar-refractivity contribution in [3.05, 3.63) is 41.0 Å². The molecule has 0 amide bonds. The fraction of sp³-hybridized carbons (Fsp3) is 0.381. The van der Waals surface area contributed by atoms with E-state index < -0.39 is 17.3 Å². The van der Waals surface area contributed by atoms with Crippen LogP contribution >= 0.6 is 0 Å². The van der Waals surface area contributed by atoms with Crippen molar-refractivity contribution in [2.75, 3.05) is 5.32 Å². The van der Waals surface area contributed by atoms with Gasteiger partial charge in [0, 0.05) is 5.54 Å². The highest BCUT2D eigenvalue weighted by Crippen LogP contribution is 2.45. The molecule has 0 spiro atoms. The Kier molecular flexibility index (Phi) is 4.16. The minimum absolute atomic E-state index is 0.0597. The first-order valence-corrected chi connectivity index (χ1v) is 9.49. The first-order chi connectivity index (χ1) is 13.5. The number of carbonyl (C=O) groups is 1. The van der Waals surface area contributed by atoms with Crippen LogP contribution in [0.15, 0.2) is 18.2 Å². The number of anilines is 1. The van der Waals surface area contributed by atoms with Crippen molar-refractivity contribution < 1.29 is 14.3 Å². The highest BCUT2D eigenvalue weighted by Gasteiger charge is 2.44. The minimum Gasteiger partial charge on any atom is -0.478 e. The average molecular weight is 397 g/mol. The van der Waals surface area contributed by atoms with E-state index in [0.717, 1.165) is 0 Å². The topological polar surface area (TPSA) is 117 Å². The molecule has 1 fully saturated rings. The van der Waals surface area contributed by atoms with Crippen molar-refractivity contribution in [2.24, 2.45) is 5.73 Å². The lowest BCUT2D eigenvalue weighted by molar-refractivity contribution is 0.0695. The lowest BCUT2D eigenvalue weighted by atomic mass is 10.1. The van der Waals surface area contributed by atoms with Gasteiger partial charge in [0.1, 0.15) is 17.2 Å². The number of aromatic amines is 1. The Morgan fingerprint density at radius 3 is 2.59 bits per heavy atom. The Morgan fingerprint density at radius 1 is 1.31 bits per heavy atom. The van der Waals surface area contributed by atoms with Crippen molar-refractivity contribution in [1.29, 1.82) is 0 Å². The van der Waals surface area contributed by atoms with Gasteiger partial charge in [0.25, 0.3) is 0 Å². The van der Waals surface area contributed by atoms with Gasteiger partial charge in [0.05, 0.1) is 39.3 Å². The summed E-state index contributed by atoms with van der Waals surface area (Å²) in [6.07, 6.45) is 1.37. The molecule has 2 heterocycles. The maximum atomic E-state index is 14.9. The molecular formula is C21H24FN5O2. The Hall–Kier alpha value is -3.00. The lowest BCUT2D eigenvalue weighted by Crippen LogP contribution is -2.27. The van der Waals surface area contributed by atoms with E-state index in [9.17, 15) is 14.3 Å². The van der Waals surface area contributed by atoms with Crippen LogP contribution in [0.5, 0.6) is 0 Å². The number of nitrogens with two attached hydrogens (primary N) is 1. The molecule has 0 radical (unpaired) electrons. The van der Waals surface area contributed by atoms with Crippen LogP contribution in [-0.4, -0.2) is 31.6 Å². The number of halogens is 1. The third-order valence-electron chi connectivity index (χ3n) is 5.06. The van der Waals surface area contributed by atoms with Crippen molar-refractivity contribution >= 4 is 22.8 Å². The zero-order valence-electron chi connectivity index (χ0n) is 16.9. The van der Waals surface area contributed by atoms with Gasteiger partial charge in [-0.3, -0.25) is 0 Å². The van der Waals surface area contributed by atoms with Crippen LogP contribution in [-0.2, 0) is 5.54 Å². The molecule has 3 aromatic rings. The molecular weight excluding hydrogens is 373 g/mol. The minimum atomic E-state index is -1.10. The van der Waals surface area contributed by atoms with E-state index in [4.69, 9.17) is 5.73 Å². The Labute approximate surface area is 167 Å². The zero-order chi connectivity index (χ0) is 21.1. The molecule has 0 aliphatic heterocycles. The number of H-pyrrole nitrogens is 1. The summed E-state index contributed by atoms with van der Waals surface area (Å²) in [6, 6.07) is 4.32. The van der Waals surface area contributed by atoms with Crippen LogP contribution in [0.1, 0.15) is 55.4 Å². The molecule has 29 heavy (non-hydrogen) atoms. The molecule has 5 N–H and O–H groups in total. The molecule has 0 saturated heterocycles. The predicted octanol–water partition coefficient (Wildman–Crippen LogP) is 3.93. The van der Waals surface area contributed by atoms with E-state index in [1.807, 2.05) is 27.7 Å². The van der Waals surface area contributed by atoms with Crippen molar-refractivity contribution in [3.63, 3.8) is 0 Å². The second-order valence-electron chi connectivity index (χ2n) is 8.76. The molecule has 0 unspecified atom stereocenters. The molecule has 0 bridgehead atoms. The molecule has 8 heteroatoms. The second kappa shape index (κ2) is 6.25. The number of hydrogen-bond acceptors (Lipinski definition) is 5. The summed E-state index contributed by atoms with van der Waals surface area (Å²) in [5.74, 6) is -1.06. The number of fused-ring (bicyclic) bond motifs is 1. The number of aromatic nitrogens is 3. The number of nitrogens with one attached hydrogen (secondary N) is 2. The number of aromatic carboxylic acids is 1. The monoisotopic (exact) mass is 397 g/mol. The highest BCUT2D eigenvalue weighted by molar-refractivity contribution is 5.96. The molecule has 4 rings (SSSR count). The standard InChI is InChI=1S/C21H24FN5O2/c1-10-18(27-20(2,3)4)26-16-13(24-10)6-5-12(22)15(16)14-9-11(19(28)29)17(25-14)21(23)7-8-21/h5-6,9,25H,7-8,23H2,1-4H3,(H,26,27)(H,28,29). The van der Waals surface area contributed by atoms with Gasteiger partial charge in [0.2, 0.25) is 0 Å². The van der Waals surface area contributed by atoms with E-state index in [-0.39, 0.29) is 16.7 Å². The number of nitrogens with zero attached hydrogens (tertiary/aromatic N) is 2. The van der Waals surface area contributed by atoms with Gasteiger partial charge in [-0.25, -0.2) is 19.2 Å². The Balaban J connectivity index is 1.95. The average Bonchev–Trinajstić information content (AvgIpc) is 3.18. The van der Waals surface area contributed by atoms with Crippen LogP contribution in [0, 0.1) is 12.7 Å². The summed E-state index contributed by atoms with van der Waals surface area (Å²) in [5.41, 5.74) is 7.86. The Bertz CT molecular complexity index is 1140. The molecule has 1 aliphatic carbocycles. The zero-order valence-corrected chi connectivity index (χ0v) is 16.9. The predicted molar refractivity (Wildman–Crippen MR) is 109 cm³/mol. The smallest absolute Gasteiger partial charge is 0.337 e. The maximum absolute atomic E-state index is 14.9. The summed E-state index contributed by atoms with van der Waals surface area (Å²) in [5, 5.41) is 12.9. The first kappa shape index (κ1) is 19.3. The third-order valence-corrected chi connectivity index (χ3v) is 5.06. The van der Waals surface area contributed by atoms with E-state index in [1.54, 1.807) is 6.07 Å². The van der Waals surface area contributed by atoms with Crippen LogP contribution in [0.2, 0.25) is 0 Å². The van der Waals surface area contributed by atoms with Gasteiger partial charge >= 0.3 is 5.97 Å². The van der Waals surface area contributed by atoms with Gasteiger partial charge in [-0.15, -0.1) is 0 Å². The van der Waals surface area contributed by atoms with Crippen LogP contribution in [0.4, 0.5) is 10.2 Å². The van der Waals surface area contributed by atoms with Gasteiger partial charge < -0.3 is 21.1 Å². The number of rotatable bonds is 4. The van der Waals surface area contributed by atoms with Crippen molar-refractivity contribution in [1.82, 2.24) is 15.0 Å². The molecule has 0 atom stereocenters. The fourth-order valence-electron chi connectivity index (χ4n) is 3.45. The van der Waals surface area contributed by atoms with E-state index in [0.29, 0.717) is 46.8 Å². The summed E-state index contributed by atoms with van der Waals surface area (Å²) >= 11 is 0. The quantitative estimate of drug-likeness (QED) is 0.530. The normalized spacial score (nSPS) is 15.5. The molecule has 7 nitrogen and oxygen atoms in total. The summed E-state index contributed by atoms with van der Waals surface area (Å²) < 4.78 is 14.9. The second-order valence-corrected chi connectivity index (χ2v) is 8.76. The number of carboxylic acid groups (broad SMARTS) is 1. The number of hydrogen-bond donors (Lipinski definition) is 4. The molecule has 2 aromatic heterocycles. The van der Waals surface area contributed by atoms with E-state index in [1.165, 1.54) is 12.1 Å². The first-order valence-electron chi connectivity index (χ1n) is 9.49. The summed E-state index contributed by atoms with van der Waals surface area (Å²) in [4.78, 5) is 24.0. The lowest BCUT2D eigenvalue weighted by Gasteiger charge is -2.22. The molecule has 1 aromatic carbocycles. The van der Waals surface area contributed by atoms with Crippen molar-refractivity contribution in [2.45, 2.75) is 51.6 Å². The van der Waals surface area contributed by atoms with E-state index in [2.05, 4.69) is 20.3 Å².